The highest BCUT2D eigenvalue weighted by Gasteiger charge is 2.18. The fourth-order valence-corrected chi connectivity index (χ4v) is 3.08. The number of aryl methyl sites for hydroxylation is 1. The SMILES string of the molecule is CC(C)(C)OC(=O)NCCC(=O)NNC(=O)c1ccc2c(=O)n3c(nc2c1)CCC3. The van der Waals surface area contributed by atoms with Gasteiger partial charge in [-0.25, -0.2) is 9.78 Å². The van der Waals surface area contributed by atoms with E-state index >= 15 is 0 Å². The Morgan fingerprint density at radius 3 is 2.70 bits per heavy atom. The van der Waals surface area contributed by atoms with Crippen molar-refractivity contribution in [3.05, 3.63) is 39.9 Å². The van der Waals surface area contributed by atoms with Gasteiger partial charge in [-0.3, -0.25) is 29.8 Å². The Kier molecular flexibility index (Phi) is 6.04. The quantitative estimate of drug-likeness (QED) is 0.639. The minimum absolute atomic E-state index is 0.0400. The summed E-state index contributed by atoms with van der Waals surface area (Å²) >= 11 is 0. The average Bonchev–Trinajstić information content (AvgIpc) is 3.13. The molecule has 0 radical (unpaired) electrons. The summed E-state index contributed by atoms with van der Waals surface area (Å²) in [6.07, 6.45) is 0.947. The maximum absolute atomic E-state index is 12.5. The Labute approximate surface area is 173 Å². The molecule has 10 nitrogen and oxygen atoms in total. The monoisotopic (exact) mass is 415 g/mol. The van der Waals surface area contributed by atoms with Gasteiger partial charge in [-0.05, 0) is 45.4 Å². The number of carbonyl (C=O) groups excluding carboxylic acids is 3. The smallest absolute Gasteiger partial charge is 0.407 e. The van der Waals surface area contributed by atoms with Crippen LogP contribution in [0.5, 0.6) is 0 Å². The summed E-state index contributed by atoms with van der Waals surface area (Å²) in [5.41, 5.74) is 4.59. The van der Waals surface area contributed by atoms with E-state index in [1.165, 1.54) is 12.1 Å². The molecular weight excluding hydrogens is 390 g/mol. The minimum Gasteiger partial charge on any atom is -0.444 e. The largest absolute Gasteiger partial charge is 0.444 e. The summed E-state index contributed by atoms with van der Waals surface area (Å²) in [5, 5.41) is 2.91. The normalized spacial score (nSPS) is 12.9. The molecule has 0 bridgehead atoms. The zero-order chi connectivity index (χ0) is 21.9. The molecule has 0 fully saturated rings. The number of rotatable bonds is 4. The number of hydrazine groups is 1. The zero-order valence-electron chi connectivity index (χ0n) is 17.2. The highest BCUT2D eigenvalue weighted by Crippen LogP contribution is 2.16. The van der Waals surface area contributed by atoms with Crippen LogP contribution in [0.15, 0.2) is 23.0 Å². The topological polar surface area (TPSA) is 131 Å². The van der Waals surface area contributed by atoms with E-state index in [-0.39, 0.29) is 24.1 Å². The van der Waals surface area contributed by atoms with Gasteiger partial charge in [0.05, 0.1) is 10.9 Å². The van der Waals surface area contributed by atoms with Crippen LogP contribution in [0.25, 0.3) is 10.9 Å². The van der Waals surface area contributed by atoms with Crippen LogP contribution in [-0.2, 0) is 22.5 Å². The molecule has 3 amide bonds. The second kappa shape index (κ2) is 8.52. The Morgan fingerprint density at radius 2 is 1.97 bits per heavy atom. The molecule has 2 heterocycles. The van der Waals surface area contributed by atoms with Gasteiger partial charge in [-0.15, -0.1) is 0 Å². The number of hydrogen-bond acceptors (Lipinski definition) is 6. The van der Waals surface area contributed by atoms with Gasteiger partial charge in [0.2, 0.25) is 5.91 Å². The standard InChI is InChI=1S/C20H25N5O5/c1-20(2,3)30-19(29)21-9-8-16(26)23-24-17(27)12-6-7-13-14(11-12)22-15-5-4-10-25(15)18(13)28/h6-7,11H,4-5,8-10H2,1-3H3,(H,21,29)(H,23,26)(H,24,27). The molecule has 3 rings (SSSR count). The third-order valence-electron chi connectivity index (χ3n) is 4.41. The lowest BCUT2D eigenvalue weighted by Gasteiger charge is -2.19. The first-order valence-corrected chi connectivity index (χ1v) is 9.73. The first kappa shape index (κ1) is 21.3. The van der Waals surface area contributed by atoms with E-state index in [0.717, 1.165) is 18.7 Å². The van der Waals surface area contributed by atoms with Crippen molar-refractivity contribution in [1.29, 1.82) is 0 Å². The number of hydrogen-bond donors (Lipinski definition) is 3. The molecule has 0 atom stereocenters. The highest BCUT2D eigenvalue weighted by molar-refractivity contribution is 5.98. The third-order valence-corrected chi connectivity index (χ3v) is 4.41. The zero-order valence-corrected chi connectivity index (χ0v) is 17.2. The van der Waals surface area contributed by atoms with Crippen LogP contribution in [0.2, 0.25) is 0 Å². The van der Waals surface area contributed by atoms with E-state index < -0.39 is 23.5 Å². The highest BCUT2D eigenvalue weighted by atomic mass is 16.6. The summed E-state index contributed by atoms with van der Waals surface area (Å²) in [4.78, 5) is 52.7. The van der Waals surface area contributed by atoms with Crippen LogP contribution in [0.4, 0.5) is 4.79 Å². The lowest BCUT2D eigenvalue weighted by atomic mass is 10.1. The third kappa shape index (κ3) is 5.13. The van der Waals surface area contributed by atoms with Crippen LogP contribution >= 0.6 is 0 Å². The van der Waals surface area contributed by atoms with E-state index in [2.05, 4.69) is 21.2 Å². The lowest BCUT2D eigenvalue weighted by molar-refractivity contribution is -0.121. The summed E-state index contributed by atoms with van der Waals surface area (Å²) in [7, 11) is 0. The van der Waals surface area contributed by atoms with Crippen LogP contribution in [-0.4, -0.2) is 39.6 Å². The van der Waals surface area contributed by atoms with Crippen molar-refractivity contribution in [2.24, 2.45) is 0 Å². The van der Waals surface area contributed by atoms with E-state index in [0.29, 0.717) is 17.4 Å². The van der Waals surface area contributed by atoms with E-state index in [4.69, 9.17) is 4.74 Å². The van der Waals surface area contributed by atoms with Crippen LogP contribution in [0, 0.1) is 0 Å². The molecule has 1 aromatic carbocycles. The van der Waals surface area contributed by atoms with Gasteiger partial charge >= 0.3 is 6.09 Å². The summed E-state index contributed by atoms with van der Waals surface area (Å²) in [6, 6.07) is 4.61. The molecule has 1 aliphatic rings. The minimum atomic E-state index is -0.624. The number of carbonyl (C=O) groups is 3. The molecule has 160 valence electrons. The maximum atomic E-state index is 12.5. The molecule has 0 saturated carbocycles. The van der Waals surface area contributed by atoms with Crippen LogP contribution in [0.3, 0.4) is 0 Å². The Hall–Kier alpha value is -3.43. The Balaban J connectivity index is 1.53. The first-order chi connectivity index (χ1) is 14.1. The number of nitrogens with zero attached hydrogens (tertiary/aromatic N) is 2. The van der Waals surface area contributed by atoms with Crippen molar-refractivity contribution in [1.82, 2.24) is 25.7 Å². The van der Waals surface area contributed by atoms with Crippen LogP contribution < -0.4 is 21.7 Å². The molecule has 2 aromatic rings. The number of ether oxygens (including phenoxy) is 1. The number of aromatic nitrogens is 2. The predicted molar refractivity (Wildman–Crippen MR) is 109 cm³/mol. The van der Waals surface area contributed by atoms with Gasteiger partial charge in [0, 0.05) is 31.5 Å². The van der Waals surface area contributed by atoms with E-state index in [9.17, 15) is 19.2 Å². The molecule has 0 saturated heterocycles. The molecular formula is C20H25N5O5. The molecule has 1 aromatic heterocycles. The van der Waals surface area contributed by atoms with Gasteiger partial charge in [0.1, 0.15) is 11.4 Å². The maximum Gasteiger partial charge on any atom is 0.407 e. The summed E-state index contributed by atoms with van der Waals surface area (Å²) < 4.78 is 6.73. The Bertz CT molecular complexity index is 1050. The molecule has 1 aliphatic heterocycles. The summed E-state index contributed by atoms with van der Waals surface area (Å²) in [5.74, 6) is -0.294. The van der Waals surface area contributed by atoms with Gasteiger partial charge in [0.25, 0.3) is 11.5 Å². The number of fused-ring (bicyclic) bond motifs is 2. The number of amides is 3. The fourth-order valence-electron chi connectivity index (χ4n) is 3.08. The van der Waals surface area contributed by atoms with Crippen molar-refractivity contribution in [2.45, 2.75) is 52.2 Å². The van der Waals surface area contributed by atoms with E-state index in [1.807, 2.05) is 0 Å². The molecule has 30 heavy (non-hydrogen) atoms. The van der Waals surface area contributed by atoms with Gasteiger partial charge in [-0.2, -0.15) is 0 Å². The van der Waals surface area contributed by atoms with Crippen molar-refractivity contribution in [2.75, 3.05) is 6.54 Å². The molecule has 0 aliphatic carbocycles. The summed E-state index contributed by atoms with van der Waals surface area (Å²) in [6.45, 7) is 5.93. The van der Waals surface area contributed by atoms with Gasteiger partial charge < -0.3 is 10.1 Å². The number of benzene rings is 1. The predicted octanol–water partition coefficient (Wildman–Crippen LogP) is 1.02. The Morgan fingerprint density at radius 1 is 1.20 bits per heavy atom. The van der Waals surface area contributed by atoms with Crippen LogP contribution in [0.1, 0.15) is 49.8 Å². The lowest BCUT2D eigenvalue weighted by Crippen LogP contribution is -2.43. The second-order valence-electron chi connectivity index (χ2n) is 8.00. The van der Waals surface area contributed by atoms with Gasteiger partial charge in [-0.1, -0.05) is 0 Å². The first-order valence-electron chi connectivity index (χ1n) is 9.73. The average molecular weight is 415 g/mol. The second-order valence-corrected chi connectivity index (χ2v) is 8.00. The molecule has 3 N–H and O–H groups in total. The molecule has 0 spiro atoms. The van der Waals surface area contributed by atoms with Crippen molar-refractivity contribution in [3.8, 4) is 0 Å². The van der Waals surface area contributed by atoms with Crippen molar-refractivity contribution in [3.63, 3.8) is 0 Å². The van der Waals surface area contributed by atoms with Crippen molar-refractivity contribution < 1.29 is 19.1 Å². The molecule has 10 heteroatoms. The molecule has 0 unspecified atom stereocenters. The van der Waals surface area contributed by atoms with Crippen molar-refractivity contribution >= 4 is 28.8 Å². The number of alkyl carbamates (subject to hydrolysis) is 1. The van der Waals surface area contributed by atoms with E-state index in [1.54, 1.807) is 31.4 Å². The van der Waals surface area contributed by atoms with Gasteiger partial charge in [0.15, 0.2) is 0 Å². The fraction of sp³-hybridized carbons (Fsp3) is 0.450. The number of nitrogens with one attached hydrogen (secondary N) is 3.